The summed E-state index contributed by atoms with van der Waals surface area (Å²) in [5, 5.41) is -0.839. The molecule has 0 saturated carbocycles. The smallest absolute Gasteiger partial charge is 0.364 e. The minimum absolute atomic E-state index is 0.0488. The van der Waals surface area contributed by atoms with Crippen molar-refractivity contribution in [1.29, 1.82) is 0 Å². The van der Waals surface area contributed by atoms with E-state index >= 15 is 0 Å². The highest BCUT2D eigenvalue weighted by Crippen LogP contribution is 2.38. The third-order valence-corrected chi connectivity index (χ3v) is 6.91. The Bertz CT molecular complexity index is 1100. The maximum atomic E-state index is 13.3. The lowest BCUT2D eigenvalue weighted by atomic mass is 10.0. The van der Waals surface area contributed by atoms with Crippen LogP contribution in [0.1, 0.15) is 47.3 Å². The van der Waals surface area contributed by atoms with E-state index in [1.165, 1.54) is 6.20 Å². The van der Waals surface area contributed by atoms with Gasteiger partial charge in [0, 0.05) is 48.2 Å². The summed E-state index contributed by atoms with van der Waals surface area (Å²) in [4.78, 5) is 25.5. The molecule has 0 fully saturated rings. The number of hydrogen-bond acceptors (Lipinski definition) is 5. The summed E-state index contributed by atoms with van der Waals surface area (Å²) in [6.07, 6.45) is 1.30. The number of anilines is 1. The molecular formula is C24H25F3N4OS. The molecule has 3 aromatic rings. The number of carbonyl (C=O) groups excluding carboxylic acids is 1. The average Bonchev–Trinajstić information content (AvgIpc) is 3.23. The molecule has 174 valence electrons. The summed E-state index contributed by atoms with van der Waals surface area (Å²) >= 11 is 0.666. The first kappa shape index (κ1) is 23.2. The van der Waals surface area contributed by atoms with Crippen LogP contribution >= 0.6 is 11.3 Å². The molecule has 0 radical (unpaired) electrons. The Hall–Kier alpha value is -2.94. The quantitative estimate of drug-likeness (QED) is 0.491. The first-order chi connectivity index (χ1) is 15.7. The van der Waals surface area contributed by atoms with E-state index in [1.807, 2.05) is 55.1 Å². The second kappa shape index (κ2) is 9.51. The summed E-state index contributed by atoms with van der Waals surface area (Å²) < 4.78 is 39.1. The van der Waals surface area contributed by atoms with Crippen molar-refractivity contribution in [2.24, 2.45) is 0 Å². The van der Waals surface area contributed by atoms with Crippen molar-refractivity contribution < 1.29 is 18.0 Å². The minimum atomic E-state index is -4.45. The summed E-state index contributed by atoms with van der Waals surface area (Å²) in [6, 6.07) is 11.3. The Labute approximate surface area is 194 Å². The van der Waals surface area contributed by atoms with Crippen LogP contribution < -0.4 is 4.90 Å². The fourth-order valence-corrected chi connectivity index (χ4v) is 5.20. The van der Waals surface area contributed by atoms with Crippen molar-refractivity contribution in [3.8, 4) is 0 Å². The maximum absolute atomic E-state index is 13.3. The molecule has 1 aliphatic heterocycles. The van der Waals surface area contributed by atoms with Gasteiger partial charge in [-0.25, -0.2) is 4.98 Å². The van der Waals surface area contributed by atoms with Crippen LogP contribution in [0.4, 0.5) is 18.9 Å². The Kier molecular flexibility index (Phi) is 6.69. The molecule has 5 nitrogen and oxygen atoms in total. The number of rotatable bonds is 5. The number of fused-ring (bicyclic) bond motifs is 1. The molecule has 0 spiro atoms. The van der Waals surface area contributed by atoms with Crippen molar-refractivity contribution in [2.75, 3.05) is 11.4 Å². The number of pyridine rings is 1. The van der Waals surface area contributed by atoms with Gasteiger partial charge in [-0.15, -0.1) is 11.3 Å². The van der Waals surface area contributed by atoms with Gasteiger partial charge in [-0.3, -0.25) is 9.78 Å². The predicted molar refractivity (Wildman–Crippen MR) is 122 cm³/mol. The third kappa shape index (κ3) is 5.19. The highest BCUT2D eigenvalue weighted by molar-refractivity contribution is 7.11. The van der Waals surface area contributed by atoms with Gasteiger partial charge >= 0.3 is 6.18 Å². The highest BCUT2D eigenvalue weighted by atomic mass is 32.1. The SMILES string of the molecule is C[C@@H]1CN(Cc2cnc(C(F)(F)F)s2)c2ccccc2[C@H](C)N1C(=O)CCc1cccnc1. The van der Waals surface area contributed by atoms with Crippen LogP contribution in [0.5, 0.6) is 0 Å². The van der Waals surface area contributed by atoms with Crippen LogP contribution in [0.25, 0.3) is 0 Å². The van der Waals surface area contributed by atoms with Crippen LogP contribution in [0, 0.1) is 0 Å². The van der Waals surface area contributed by atoms with Crippen LogP contribution in [-0.4, -0.2) is 33.4 Å². The zero-order valence-electron chi connectivity index (χ0n) is 18.4. The molecule has 33 heavy (non-hydrogen) atoms. The van der Waals surface area contributed by atoms with Gasteiger partial charge in [-0.2, -0.15) is 13.2 Å². The third-order valence-electron chi connectivity index (χ3n) is 5.89. The van der Waals surface area contributed by atoms with Gasteiger partial charge in [0.1, 0.15) is 0 Å². The van der Waals surface area contributed by atoms with Crippen LogP contribution in [0.15, 0.2) is 55.0 Å². The van der Waals surface area contributed by atoms with Gasteiger partial charge < -0.3 is 9.80 Å². The first-order valence-electron chi connectivity index (χ1n) is 10.8. The fraction of sp³-hybridized carbons (Fsp3) is 0.375. The van der Waals surface area contributed by atoms with Gasteiger partial charge in [0.05, 0.1) is 12.6 Å². The molecule has 1 aliphatic rings. The van der Waals surface area contributed by atoms with Crippen molar-refractivity contribution in [2.45, 2.75) is 51.5 Å². The maximum Gasteiger partial charge on any atom is 0.443 e. The molecule has 0 unspecified atom stereocenters. The predicted octanol–water partition coefficient (Wildman–Crippen LogP) is 5.49. The normalized spacial score (nSPS) is 18.7. The van der Waals surface area contributed by atoms with Crippen LogP contribution in [-0.2, 0) is 23.9 Å². The number of carbonyl (C=O) groups is 1. The second-order valence-corrected chi connectivity index (χ2v) is 9.37. The number of nitrogens with zero attached hydrogens (tertiary/aromatic N) is 4. The van der Waals surface area contributed by atoms with Gasteiger partial charge in [-0.1, -0.05) is 24.3 Å². The standard InChI is InChI=1S/C24H25F3N4OS/c1-16-14-30(15-19-13-29-23(33-19)24(25,26)27)21-8-4-3-7-20(21)17(2)31(16)22(32)10-9-18-6-5-11-28-12-18/h3-8,11-13,16-17H,9-10,14-15H2,1-2H3/t16-,17+/m1/s1. The fourth-order valence-electron chi connectivity index (χ4n) is 4.40. The lowest BCUT2D eigenvalue weighted by Gasteiger charge is -2.33. The molecular weight excluding hydrogens is 449 g/mol. The highest BCUT2D eigenvalue weighted by Gasteiger charge is 2.36. The number of aromatic nitrogens is 2. The van der Waals surface area contributed by atoms with E-state index in [4.69, 9.17) is 0 Å². The zero-order chi connectivity index (χ0) is 23.6. The Morgan fingerprint density at radius 3 is 2.64 bits per heavy atom. The Morgan fingerprint density at radius 2 is 1.94 bits per heavy atom. The zero-order valence-corrected chi connectivity index (χ0v) is 19.2. The largest absolute Gasteiger partial charge is 0.443 e. The molecule has 0 N–H and O–H groups in total. The van der Waals surface area contributed by atoms with E-state index < -0.39 is 11.2 Å². The van der Waals surface area contributed by atoms with E-state index in [0.717, 1.165) is 16.8 Å². The first-order valence-corrected chi connectivity index (χ1v) is 11.6. The van der Waals surface area contributed by atoms with E-state index in [0.29, 0.717) is 42.1 Å². The van der Waals surface area contributed by atoms with E-state index in [2.05, 4.69) is 14.9 Å². The number of para-hydroxylation sites is 1. The molecule has 0 aliphatic carbocycles. The number of aryl methyl sites for hydroxylation is 1. The lowest BCUT2D eigenvalue weighted by molar-refractivity contribution is -0.137. The van der Waals surface area contributed by atoms with Crippen molar-refractivity contribution in [3.05, 3.63) is 76.0 Å². The van der Waals surface area contributed by atoms with Gasteiger partial charge in [0.25, 0.3) is 0 Å². The molecule has 3 heterocycles. The molecule has 9 heteroatoms. The number of halogens is 3. The summed E-state index contributed by atoms with van der Waals surface area (Å²) in [7, 11) is 0. The van der Waals surface area contributed by atoms with Gasteiger partial charge in [0.15, 0.2) is 5.01 Å². The monoisotopic (exact) mass is 474 g/mol. The number of hydrogen-bond donors (Lipinski definition) is 0. The number of alkyl halides is 3. The molecule has 0 bridgehead atoms. The van der Waals surface area contributed by atoms with E-state index in [9.17, 15) is 18.0 Å². The lowest BCUT2D eigenvalue weighted by Crippen LogP contribution is -2.44. The average molecular weight is 475 g/mol. The number of amides is 1. The summed E-state index contributed by atoms with van der Waals surface area (Å²) in [6.45, 7) is 4.82. The summed E-state index contributed by atoms with van der Waals surface area (Å²) in [5.74, 6) is 0.0488. The molecule has 1 aromatic carbocycles. The van der Waals surface area contributed by atoms with Crippen molar-refractivity contribution in [1.82, 2.24) is 14.9 Å². The number of benzene rings is 1. The van der Waals surface area contributed by atoms with Gasteiger partial charge in [-0.05, 0) is 43.5 Å². The summed E-state index contributed by atoms with van der Waals surface area (Å²) in [5.41, 5.74) is 2.92. The van der Waals surface area contributed by atoms with Crippen molar-refractivity contribution in [3.63, 3.8) is 0 Å². The second-order valence-electron chi connectivity index (χ2n) is 8.26. The Morgan fingerprint density at radius 1 is 1.15 bits per heavy atom. The van der Waals surface area contributed by atoms with Gasteiger partial charge in [0.2, 0.25) is 5.91 Å². The molecule has 0 saturated heterocycles. The molecule has 1 amide bonds. The topological polar surface area (TPSA) is 49.3 Å². The molecule has 4 rings (SSSR count). The van der Waals surface area contributed by atoms with Crippen LogP contribution in [0.2, 0.25) is 0 Å². The molecule has 2 aromatic heterocycles. The Balaban J connectivity index is 1.57. The van der Waals surface area contributed by atoms with E-state index in [1.54, 1.807) is 12.4 Å². The number of thiazole rings is 1. The van der Waals surface area contributed by atoms with Crippen molar-refractivity contribution >= 4 is 22.9 Å². The minimum Gasteiger partial charge on any atom is -0.364 e. The molecule has 2 atom stereocenters. The van der Waals surface area contributed by atoms with E-state index in [-0.39, 0.29) is 18.0 Å². The van der Waals surface area contributed by atoms with Crippen LogP contribution in [0.3, 0.4) is 0 Å².